The molecule has 3 rings (SSSR count). The van der Waals surface area contributed by atoms with Crippen LogP contribution < -0.4 is 10.1 Å². The Balaban J connectivity index is 1.77. The maximum Gasteiger partial charge on any atom is 0.323 e. The highest BCUT2D eigenvalue weighted by molar-refractivity contribution is 9.10. The van der Waals surface area contributed by atoms with E-state index in [1.54, 1.807) is 24.9 Å². The summed E-state index contributed by atoms with van der Waals surface area (Å²) in [5.74, 6) is 1.67. The zero-order valence-corrected chi connectivity index (χ0v) is 17.0. The van der Waals surface area contributed by atoms with Crippen LogP contribution in [0.5, 0.6) is 5.75 Å². The number of anilines is 1. The number of benzene rings is 2. The van der Waals surface area contributed by atoms with E-state index in [0.29, 0.717) is 17.3 Å². The lowest BCUT2D eigenvalue weighted by molar-refractivity contribution is 0.214. The van der Waals surface area contributed by atoms with Crippen molar-refractivity contribution in [1.82, 2.24) is 4.90 Å². The van der Waals surface area contributed by atoms with Crippen molar-refractivity contribution in [2.75, 3.05) is 24.7 Å². The molecule has 1 heterocycles. The van der Waals surface area contributed by atoms with Gasteiger partial charge in [0.1, 0.15) is 11.1 Å². The third-order valence-corrected chi connectivity index (χ3v) is 6.32. The minimum Gasteiger partial charge on any atom is -0.496 e. The molecule has 1 N–H and O–H groups in total. The Labute approximate surface area is 165 Å². The second-order valence-electron chi connectivity index (χ2n) is 5.70. The summed E-state index contributed by atoms with van der Waals surface area (Å²) in [6.45, 7) is 2.63. The van der Waals surface area contributed by atoms with Crippen LogP contribution in [0.4, 0.5) is 10.5 Å². The molecular formula is C18H18BrClN2O2S. The van der Waals surface area contributed by atoms with Crippen molar-refractivity contribution < 1.29 is 9.53 Å². The Morgan fingerprint density at radius 2 is 2.16 bits per heavy atom. The van der Waals surface area contributed by atoms with Crippen LogP contribution in [0.15, 0.2) is 40.9 Å². The van der Waals surface area contributed by atoms with Gasteiger partial charge in [0.15, 0.2) is 0 Å². The van der Waals surface area contributed by atoms with E-state index < -0.39 is 0 Å². The van der Waals surface area contributed by atoms with Crippen LogP contribution in [0.3, 0.4) is 0 Å². The SMILES string of the molecule is COc1ccc(C2SCCN2C(=O)Nc2ccc(C)c(Cl)c2)cc1Br. The van der Waals surface area contributed by atoms with Crippen molar-refractivity contribution in [3.8, 4) is 5.75 Å². The molecule has 4 nitrogen and oxygen atoms in total. The molecular weight excluding hydrogens is 424 g/mol. The number of methoxy groups -OCH3 is 1. The van der Waals surface area contributed by atoms with Crippen molar-refractivity contribution >= 4 is 51.0 Å². The number of nitrogens with one attached hydrogen (secondary N) is 1. The van der Waals surface area contributed by atoms with Crippen LogP contribution in [0.25, 0.3) is 0 Å². The van der Waals surface area contributed by atoms with Gasteiger partial charge in [0.25, 0.3) is 0 Å². The second-order valence-corrected chi connectivity index (χ2v) is 8.15. The number of rotatable bonds is 3. The zero-order chi connectivity index (χ0) is 18.0. The smallest absolute Gasteiger partial charge is 0.323 e. The van der Waals surface area contributed by atoms with E-state index in [4.69, 9.17) is 16.3 Å². The summed E-state index contributed by atoms with van der Waals surface area (Å²) in [4.78, 5) is 14.6. The standard InChI is InChI=1S/C18H18BrClN2O2S/c1-11-3-5-13(10-15(11)20)21-18(23)22-7-8-25-17(22)12-4-6-16(24-2)14(19)9-12/h3-6,9-10,17H,7-8H2,1-2H3,(H,21,23). The third kappa shape index (κ3) is 4.07. The molecule has 0 aromatic heterocycles. The first kappa shape index (κ1) is 18.4. The Morgan fingerprint density at radius 3 is 2.84 bits per heavy atom. The molecule has 2 aromatic carbocycles. The minimum atomic E-state index is -0.123. The molecule has 7 heteroatoms. The van der Waals surface area contributed by atoms with E-state index in [1.165, 1.54) is 0 Å². The molecule has 1 fully saturated rings. The first-order valence-corrected chi connectivity index (χ1v) is 10.0. The number of hydrogen-bond donors (Lipinski definition) is 1. The lowest BCUT2D eigenvalue weighted by Crippen LogP contribution is -2.34. The van der Waals surface area contributed by atoms with Gasteiger partial charge in [-0.3, -0.25) is 0 Å². The average Bonchev–Trinajstić information content (AvgIpc) is 3.08. The van der Waals surface area contributed by atoms with Gasteiger partial charge < -0.3 is 15.0 Å². The molecule has 1 atom stereocenters. The van der Waals surface area contributed by atoms with Gasteiger partial charge >= 0.3 is 6.03 Å². The predicted molar refractivity (Wildman–Crippen MR) is 108 cm³/mol. The summed E-state index contributed by atoms with van der Waals surface area (Å²) in [6, 6.07) is 11.3. The molecule has 2 amide bonds. The van der Waals surface area contributed by atoms with Gasteiger partial charge in [0.05, 0.1) is 11.6 Å². The molecule has 25 heavy (non-hydrogen) atoms. The van der Waals surface area contributed by atoms with Crippen LogP contribution in [-0.4, -0.2) is 30.3 Å². The van der Waals surface area contributed by atoms with Crippen molar-refractivity contribution in [3.05, 3.63) is 57.0 Å². The summed E-state index contributed by atoms with van der Waals surface area (Å²) < 4.78 is 6.16. The number of halogens is 2. The topological polar surface area (TPSA) is 41.6 Å². The summed E-state index contributed by atoms with van der Waals surface area (Å²) in [6.07, 6.45) is 0. The Hall–Kier alpha value is -1.37. The van der Waals surface area contributed by atoms with Gasteiger partial charge in [-0.1, -0.05) is 23.7 Å². The molecule has 0 radical (unpaired) electrons. The lowest BCUT2D eigenvalue weighted by Gasteiger charge is -2.25. The van der Waals surface area contributed by atoms with E-state index in [-0.39, 0.29) is 11.4 Å². The molecule has 1 aliphatic rings. The fraction of sp³-hybridized carbons (Fsp3) is 0.278. The van der Waals surface area contributed by atoms with Crippen molar-refractivity contribution in [2.24, 2.45) is 0 Å². The van der Waals surface area contributed by atoms with Crippen LogP contribution >= 0.6 is 39.3 Å². The number of amides is 2. The molecule has 0 spiro atoms. The summed E-state index contributed by atoms with van der Waals surface area (Å²) >= 11 is 11.4. The zero-order valence-electron chi connectivity index (χ0n) is 13.9. The lowest BCUT2D eigenvalue weighted by atomic mass is 10.2. The van der Waals surface area contributed by atoms with Gasteiger partial charge in [0.2, 0.25) is 0 Å². The van der Waals surface area contributed by atoms with Crippen molar-refractivity contribution in [3.63, 3.8) is 0 Å². The fourth-order valence-corrected chi connectivity index (χ4v) is 4.64. The molecule has 2 aromatic rings. The van der Waals surface area contributed by atoms with Crippen LogP contribution in [-0.2, 0) is 0 Å². The van der Waals surface area contributed by atoms with Crippen molar-refractivity contribution in [1.29, 1.82) is 0 Å². The van der Waals surface area contributed by atoms with E-state index in [1.807, 2.05) is 42.2 Å². The quantitative estimate of drug-likeness (QED) is 0.664. The van der Waals surface area contributed by atoms with Crippen molar-refractivity contribution in [2.45, 2.75) is 12.3 Å². The first-order chi connectivity index (χ1) is 12.0. The highest BCUT2D eigenvalue weighted by Gasteiger charge is 2.31. The number of ether oxygens (including phenoxy) is 1. The number of nitrogens with zero attached hydrogens (tertiary/aromatic N) is 1. The minimum absolute atomic E-state index is 0.0249. The van der Waals surface area contributed by atoms with E-state index in [2.05, 4.69) is 21.2 Å². The highest BCUT2D eigenvalue weighted by Crippen LogP contribution is 2.40. The highest BCUT2D eigenvalue weighted by atomic mass is 79.9. The monoisotopic (exact) mass is 440 g/mol. The normalized spacial score (nSPS) is 16.8. The number of carbonyl (C=O) groups excluding carboxylic acids is 1. The Bertz CT molecular complexity index is 803. The number of thioether (sulfide) groups is 1. The number of aryl methyl sites for hydroxylation is 1. The van der Waals surface area contributed by atoms with E-state index >= 15 is 0 Å². The van der Waals surface area contributed by atoms with Gasteiger partial charge in [0, 0.05) is 23.0 Å². The van der Waals surface area contributed by atoms with Gasteiger partial charge in [-0.05, 0) is 58.2 Å². The molecule has 0 bridgehead atoms. The largest absolute Gasteiger partial charge is 0.496 e. The van der Waals surface area contributed by atoms with Crippen LogP contribution in [0.1, 0.15) is 16.5 Å². The van der Waals surface area contributed by atoms with E-state index in [9.17, 15) is 4.79 Å². The fourth-order valence-electron chi connectivity index (χ4n) is 2.66. The first-order valence-electron chi connectivity index (χ1n) is 7.78. The second kappa shape index (κ2) is 7.89. The summed E-state index contributed by atoms with van der Waals surface area (Å²) in [7, 11) is 1.64. The molecule has 1 saturated heterocycles. The molecule has 1 unspecified atom stereocenters. The number of carbonyl (C=O) groups is 1. The summed E-state index contributed by atoms with van der Waals surface area (Å²) in [5, 5.41) is 3.56. The Morgan fingerprint density at radius 1 is 1.36 bits per heavy atom. The number of hydrogen-bond acceptors (Lipinski definition) is 3. The van der Waals surface area contributed by atoms with E-state index in [0.717, 1.165) is 27.1 Å². The Kier molecular flexibility index (Phi) is 5.81. The van der Waals surface area contributed by atoms with Gasteiger partial charge in [-0.15, -0.1) is 11.8 Å². The van der Waals surface area contributed by atoms with Gasteiger partial charge in [-0.2, -0.15) is 0 Å². The van der Waals surface area contributed by atoms with Gasteiger partial charge in [-0.25, -0.2) is 4.79 Å². The maximum atomic E-state index is 12.7. The van der Waals surface area contributed by atoms with Crippen LogP contribution in [0, 0.1) is 6.92 Å². The maximum absolute atomic E-state index is 12.7. The van der Waals surface area contributed by atoms with Crippen LogP contribution in [0.2, 0.25) is 5.02 Å². The number of urea groups is 1. The molecule has 132 valence electrons. The molecule has 0 saturated carbocycles. The molecule has 1 aliphatic heterocycles. The predicted octanol–water partition coefficient (Wildman–Crippen LogP) is 5.70. The summed E-state index contributed by atoms with van der Waals surface area (Å²) in [5.41, 5.74) is 2.75. The average molecular weight is 442 g/mol. The third-order valence-electron chi connectivity index (χ3n) is 4.04. The molecule has 0 aliphatic carbocycles.